The average Bonchev–Trinajstić information content (AvgIpc) is 2.86. The summed E-state index contributed by atoms with van der Waals surface area (Å²) < 4.78 is 18.1. The van der Waals surface area contributed by atoms with Crippen molar-refractivity contribution < 1.29 is 23.5 Å². The van der Waals surface area contributed by atoms with Crippen molar-refractivity contribution in [3.05, 3.63) is 85.5 Å². The van der Waals surface area contributed by atoms with Crippen molar-refractivity contribution in [3.63, 3.8) is 0 Å². The third kappa shape index (κ3) is 9.20. The van der Waals surface area contributed by atoms with Crippen LogP contribution in [0.25, 0.3) is 0 Å². The van der Waals surface area contributed by atoms with Gasteiger partial charge in [-0.2, -0.15) is 0 Å². The van der Waals surface area contributed by atoms with E-state index in [0.717, 1.165) is 0 Å². The fourth-order valence-corrected chi connectivity index (χ4v) is 9.07. The maximum Gasteiger partial charge on any atom is 0.408 e. The first-order valence-electron chi connectivity index (χ1n) is 13.9. The van der Waals surface area contributed by atoms with Gasteiger partial charge in [0.2, 0.25) is 0 Å². The molecule has 0 saturated carbocycles. The Morgan fingerprint density at radius 1 is 0.925 bits per heavy atom. The van der Waals surface area contributed by atoms with E-state index in [9.17, 15) is 9.59 Å². The maximum atomic E-state index is 13.0. The lowest BCUT2D eigenvalue weighted by atomic mass is 10.1. The smallest absolute Gasteiger partial charge is 0.408 e. The highest BCUT2D eigenvalue weighted by Crippen LogP contribution is 2.36. The normalized spacial score (nSPS) is 14.0. The highest BCUT2D eigenvalue weighted by atomic mass is 28.4. The molecular weight excluding hydrogens is 518 g/mol. The molecule has 40 heavy (non-hydrogen) atoms. The number of hydrogen-bond donors (Lipinski definition) is 1. The Balaban J connectivity index is 2.24. The first kappa shape index (κ1) is 33.0. The highest BCUT2D eigenvalue weighted by Gasteiger charge is 2.49. The molecule has 0 aliphatic heterocycles. The minimum Gasteiger partial charge on any atom is -0.456 e. The molecular formula is C33H47NO5Si. The molecule has 0 aliphatic rings. The van der Waals surface area contributed by atoms with Crippen LogP contribution in [0.4, 0.5) is 4.79 Å². The van der Waals surface area contributed by atoms with Crippen LogP contribution >= 0.6 is 0 Å². The Kier molecular flexibility index (Phi) is 11.9. The summed E-state index contributed by atoms with van der Waals surface area (Å²) in [4.78, 5) is 25.3. The van der Waals surface area contributed by atoms with Crippen molar-refractivity contribution in [1.29, 1.82) is 0 Å². The predicted molar refractivity (Wildman–Crippen MR) is 165 cm³/mol. The quantitative estimate of drug-likeness (QED) is 0.190. The minimum atomic E-state index is -2.68. The molecule has 0 fully saturated rings. The van der Waals surface area contributed by atoms with Crippen molar-refractivity contribution in [2.24, 2.45) is 5.92 Å². The van der Waals surface area contributed by atoms with Crippen LogP contribution < -0.4 is 15.7 Å². The second-order valence-corrected chi connectivity index (χ2v) is 16.6. The fourth-order valence-electron chi connectivity index (χ4n) is 4.57. The molecule has 218 valence electrons. The topological polar surface area (TPSA) is 73.9 Å². The van der Waals surface area contributed by atoms with E-state index in [1.807, 2.05) is 38.1 Å². The maximum absolute atomic E-state index is 13.0. The summed E-state index contributed by atoms with van der Waals surface area (Å²) in [5.41, 5.74) is -0.680. The Hall–Kier alpha value is -3.16. The Bertz CT molecular complexity index is 1080. The molecule has 0 saturated heterocycles. The number of ether oxygens (including phenoxy) is 2. The van der Waals surface area contributed by atoms with Crippen molar-refractivity contribution in [3.8, 4) is 0 Å². The molecule has 0 heterocycles. The number of nitrogens with one attached hydrogen (secondary N) is 1. The number of esters is 1. The largest absolute Gasteiger partial charge is 0.456 e. The van der Waals surface area contributed by atoms with Gasteiger partial charge in [-0.1, -0.05) is 107 Å². The molecule has 2 aromatic rings. The van der Waals surface area contributed by atoms with E-state index in [1.54, 1.807) is 26.8 Å². The van der Waals surface area contributed by atoms with Gasteiger partial charge in [0.15, 0.2) is 0 Å². The lowest BCUT2D eigenvalue weighted by Crippen LogP contribution is -2.66. The molecule has 1 amide bonds. The van der Waals surface area contributed by atoms with Gasteiger partial charge in [0.25, 0.3) is 8.32 Å². The van der Waals surface area contributed by atoms with Crippen LogP contribution in [0.2, 0.25) is 5.04 Å². The van der Waals surface area contributed by atoms with E-state index in [-0.39, 0.29) is 17.4 Å². The van der Waals surface area contributed by atoms with Crippen molar-refractivity contribution in [2.75, 3.05) is 6.61 Å². The minimum absolute atomic E-state index is 0.0129. The number of amides is 1. The summed E-state index contributed by atoms with van der Waals surface area (Å²) in [5.74, 6) is -0.527. The zero-order valence-corrected chi connectivity index (χ0v) is 26.4. The van der Waals surface area contributed by atoms with Gasteiger partial charge >= 0.3 is 12.1 Å². The van der Waals surface area contributed by atoms with Crippen LogP contribution in [0.3, 0.4) is 0 Å². The summed E-state index contributed by atoms with van der Waals surface area (Å²) in [7, 11) is -2.68. The van der Waals surface area contributed by atoms with Crippen LogP contribution in [0, 0.1) is 5.92 Å². The molecule has 2 atom stereocenters. The van der Waals surface area contributed by atoms with Gasteiger partial charge in [0, 0.05) is 0 Å². The van der Waals surface area contributed by atoms with Crippen LogP contribution in [0.1, 0.15) is 61.8 Å². The number of benzene rings is 2. The van der Waals surface area contributed by atoms with Crippen LogP contribution in [-0.2, 0) is 18.7 Å². The van der Waals surface area contributed by atoms with Crippen LogP contribution in [-0.4, -0.2) is 44.7 Å². The van der Waals surface area contributed by atoms with Crippen molar-refractivity contribution in [2.45, 2.75) is 84.6 Å². The van der Waals surface area contributed by atoms with E-state index < -0.39 is 38.1 Å². The summed E-state index contributed by atoms with van der Waals surface area (Å²) in [6, 6.07) is 20.0. The van der Waals surface area contributed by atoms with Gasteiger partial charge in [-0.25, -0.2) is 9.59 Å². The molecule has 0 aliphatic carbocycles. The lowest BCUT2D eigenvalue weighted by Gasteiger charge is -2.42. The Morgan fingerprint density at radius 3 is 1.88 bits per heavy atom. The van der Waals surface area contributed by atoms with Gasteiger partial charge in [0.05, 0.1) is 6.61 Å². The molecule has 0 radical (unpaired) electrons. The number of carbonyl (C=O) groups is 2. The molecule has 7 heteroatoms. The van der Waals surface area contributed by atoms with Gasteiger partial charge < -0.3 is 19.2 Å². The lowest BCUT2D eigenvalue weighted by molar-refractivity contribution is -0.151. The van der Waals surface area contributed by atoms with Gasteiger partial charge in [-0.15, -0.1) is 6.58 Å². The fraction of sp³-hybridized carbons (Fsp3) is 0.455. The monoisotopic (exact) mass is 565 g/mol. The zero-order chi connectivity index (χ0) is 30.0. The first-order valence-corrected chi connectivity index (χ1v) is 15.8. The predicted octanol–water partition coefficient (Wildman–Crippen LogP) is 6.16. The number of hydrogen-bond acceptors (Lipinski definition) is 5. The third-order valence-corrected chi connectivity index (χ3v) is 11.4. The van der Waals surface area contributed by atoms with E-state index in [4.69, 9.17) is 13.9 Å². The van der Waals surface area contributed by atoms with Gasteiger partial charge in [0.1, 0.15) is 17.7 Å². The van der Waals surface area contributed by atoms with Crippen molar-refractivity contribution in [1.82, 2.24) is 5.32 Å². The molecule has 1 N–H and O–H groups in total. The average molecular weight is 566 g/mol. The van der Waals surface area contributed by atoms with Gasteiger partial charge in [-0.3, -0.25) is 0 Å². The van der Waals surface area contributed by atoms with Crippen molar-refractivity contribution >= 4 is 30.8 Å². The van der Waals surface area contributed by atoms with E-state index >= 15 is 0 Å². The highest BCUT2D eigenvalue weighted by molar-refractivity contribution is 6.99. The second kappa shape index (κ2) is 14.5. The number of carbonyl (C=O) groups excluding carboxylic acids is 2. The third-order valence-electron chi connectivity index (χ3n) is 6.43. The standard InChI is InChI=1S/C33H47NO5Si/c1-10-18-28(34-31(36)39-32(4,5)6)30(35)38-29(25(2)3)23-17-24-37-40(33(7,8)9,26-19-13-11-14-20-26)27-21-15-12-16-22-27/h10-17,19-23,25,28-29H,1,18,24H2,2-9H3,(H,34,36)/b23-17-/t28?,29-/m1/s1. The molecule has 2 rings (SSSR count). The molecule has 1 unspecified atom stereocenters. The summed E-state index contributed by atoms with van der Waals surface area (Å²) in [6.45, 7) is 20.0. The summed E-state index contributed by atoms with van der Waals surface area (Å²) in [5, 5.41) is 4.87. The summed E-state index contributed by atoms with van der Waals surface area (Å²) in [6.07, 6.45) is 4.43. The number of alkyl carbamates (subject to hydrolysis) is 1. The van der Waals surface area contributed by atoms with Crippen LogP contribution in [0.15, 0.2) is 85.5 Å². The number of rotatable bonds is 12. The molecule has 0 bridgehead atoms. The van der Waals surface area contributed by atoms with E-state index in [0.29, 0.717) is 6.61 Å². The second-order valence-electron chi connectivity index (χ2n) is 12.3. The Morgan fingerprint density at radius 2 is 1.45 bits per heavy atom. The molecule has 0 spiro atoms. The van der Waals surface area contributed by atoms with Crippen LogP contribution in [0.5, 0.6) is 0 Å². The molecule has 2 aromatic carbocycles. The molecule has 6 nitrogen and oxygen atoms in total. The SMILES string of the molecule is C=CCC(NC(=O)OC(C)(C)C)C(=O)O[C@H](/C=C\CO[Si](c1ccccc1)(c1ccccc1)C(C)(C)C)C(C)C. The van der Waals surface area contributed by atoms with E-state index in [2.05, 4.69) is 81.2 Å². The van der Waals surface area contributed by atoms with E-state index in [1.165, 1.54) is 10.4 Å². The summed E-state index contributed by atoms with van der Waals surface area (Å²) >= 11 is 0. The Labute approximate surface area is 241 Å². The van der Waals surface area contributed by atoms with Gasteiger partial charge in [-0.05, 0) is 54.6 Å². The molecule has 0 aromatic heterocycles. The zero-order valence-electron chi connectivity index (χ0n) is 25.4. The first-order chi connectivity index (χ1) is 18.7.